The number of carbonyl (C=O) groups is 1. The summed E-state index contributed by atoms with van der Waals surface area (Å²) in [5, 5.41) is 11.9. The molecule has 2 aromatic rings. The summed E-state index contributed by atoms with van der Waals surface area (Å²) in [6.45, 7) is 4.45. The zero-order valence-electron chi connectivity index (χ0n) is 12.9. The van der Waals surface area contributed by atoms with Crippen LogP contribution in [0.5, 0.6) is 0 Å². The molecule has 0 saturated heterocycles. The van der Waals surface area contributed by atoms with Crippen molar-refractivity contribution in [3.8, 4) is 11.1 Å². The Morgan fingerprint density at radius 2 is 1.59 bits per heavy atom. The highest BCUT2D eigenvalue weighted by Gasteiger charge is 2.20. The molecule has 0 bridgehead atoms. The van der Waals surface area contributed by atoms with E-state index in [0.29, 0.717) is 6.54 Å². The van der Waals surface area contributed by atoms with Crippen molar-refractivity contribution in [2.75, 3.05) is 0 Å². The fourth-order valence-electron chi connectivity index (χ4n) is 2.37. The molecule has 1 amide bonds. The molecule has 0 saturated carbocycles. The molecule has 22 heavy (non-hydrogen) atoms. The lowest BCUT2D eigenvalue weighted by Gasteiger charge is -2.20. The van der Waals surface area contributed by atoms with Crippen LogP contribution in [0, 0.1) is 5.92 Å². The van der Waals surface area contributed by atoms with E-state index in [1.807, 2.05) is 44.2 Å². The van der Waals surface area contributed by atoms with Crippen LogP contribution in [0.3, 0.4) is 0 Å². The Hall–Kier alpha value is -2.17. The van der Waals surface area contributed by atoms with Gasteiger partial charge in [-0.2, -0.15) is 0 Å². The molecule has 3 N–H and O–H groups in total. The predicted octanol–water partition coefficient (Wildman–Crippen LogP) is 2.97. The summed E-state index contributed by atoms with van der Waals surface area (Å²) < 4.78 is 0. The molecule has 116 valence electrons. The van der Waals surface area contributed by atoms with Crippen LogP contribution in [0.4, 0.5) is 0 Å². The van der Waals surface area contributed by atoms with Gasteiger partial charge < -0.3 is 5.32 Å². The first-order valence-electron chi connectivity index (χ1n) is 7.43. The summed E-state index contributed by atoms with van der Waals surface area (Å²) in [5.74, 6) is -0.313. The van der Waals surface area contributed by atoms with E-state index in [9.17, 15) is 4.79 Å². The highest BCUT2D eigenvalue weighted by molar-refractivity contribution is 5.80. The van der Waals surface area contributed by atoms with Crippen molar-refractivity contribution >= 4 is 5.91 Å². The molecule has 2 aromatic carbocycles. The average molecular weight is 298 g/mol. The largest absolute Gasteiger partial charge is 0.301 e. The van der Waals surface area contributed by atoms with Gasteiger partial charge in [0.15, 0.2) is 0 Å². The molecule has 2 rings (SSSR count). The third-order valence-corrected chi connectivity index (χ3v) is 3.65. The van der Waals surface area contributed by atoms with Crippen molar-refractivity contribution in [2.45, 2.75) is 26.4 Å². The minimum Gasteiger partial charge on any atom is -0.301 e. The molecular weight excluding hydrogens is 276 g/mol. The van der Waals surface area contributed by atoms with Crippen LogP contribution in [0.2, 0.25) is 0 Å². The minimum absolute atomic E-state index is 0.0933. The summed E-state index contributed by atoms with van der Waals surface area (Å²) in [5.41, 5.74) is 5.15. The lowest BCUT2D eigenvalue weighted by atomic mass is 10.0. The van der Waals surface area contributed by atoms with Crippen molar-refractivity contribution in [1.29, 1.82) is 0 Å². The molecule has 4 nitrogen and oxygen atoms in total. The normalized spacial score (nSPS) is 12.2. The second kappa shape index (κ2) is 7.73. The van der Waals surface area contributed by atoms with Crippen LogP contribution in [-0.2, 0) is 11.3 Å². The summed E-state index contributed by atoms with van der Waals surface area (Å²) in [6.07, 6.45) is 0. The second-order valence-electron chi connectivity index (χ2n) is 5.64. The Kier molecular flexibility index (Phi) is 5.69. The van der Waals surface area contributed by atoms with Crippen LogP contribution in [0.25, 0.3) is 11.1 Å². The number of carbonyl (C=O) groups excluding carboxylic acids is 1. The van der Waals surface area contributed by atoms with Crippen molar-refractivity contribution < 1.29 is 10.0 Å². The van der Waals surface area contributed by atoms with E-state index < -0.39 is 11.9 Å². The average Bonchev–Trinajstić information content (AvgIpc) is 2.56. The van der Waals surface area contributed by atoms with Crippen LogP contribution in [-0.4, -0.2) is 17.2 Å². The molecule has 4 heteroatoms. The molecular formula is C18H22N2O2. The molecule has 0 aliphatic carbocycles. The maximum atomic E-state index is 11.6. The first kappa shape index (κ1) is 16.2. The molecule has 0 aromatic heterocycles. The number of hydrogen-bond acceptors (Lipinski definition) is 3. The molecule has 0 heterocycles. The number of benzene rings is 2. The summed E-state index contributed by atoms with van der Waals surface area (Å²) in [4.78, 5) is 11.6. The molecule has 1 atom stereocenters. The van der Waals surface area contributed by atoms with Gasteiger partial charge in [-0.25, -0.2) is 5.48 Å². The van der Waals surface area contributed by atoms with E-state index in [-0.39, 0.29) is 5.92 Å². The van der Waals surface area contributed by atoms with Gasteiger partial charge in [-0.3, -0.25) is 10.0 Å². The van der Waals surface area contributed by atoms with Crippen molar-refractivity contribution in [3.63, 3.8) is 0 Å². The van der Waals surface area contributed by atoms with Crippen molar-refractivity contribution in [2.24, 2.45) is 5.92 Å². The molecule has 0 unspecified atom stereocenters. The van der Waals surface area contributed by atoms with Gasteiger partial charge in [-0.1, -0.05) is 68.4 Å². The van der Waals surface area contributed by atoms with Crippen LogP contribution in [0.1, 0.15) is 19.4 Å². The summed E-state index contributed by atoms with van der Waals surface area (Å²) in [6, 6.07) is 18.0. The van der Waals surface area contributed by atoms with Gasteiger partial charge in [0.25, 0.3) is 5.91 Å². The predicted molar refractivity (Wildman–Crippen MR) is 87.3 cm³/mol. The van der Waals surface area contributed by atoms with E-state index in [4.69, 9.17) is 5.21 Å². The van der Waals surface area contributed by atoms with Gasteiger partial charge in [-0.15, -0.1) is 0 Å². The number of hydroxylamine groups is 1. The molecule has 0 aliphatic rings. The smallest absolute Gasteiger partial charge is 0.260 e. The number of nitrogens with one attached hydrogen (secondary N) is 2. The fraction of sp³-hybridized carbons (Fsp3) is 0.278. The zero-order valence-corrected chi connectivity index (χ0v) is 12.9. The minimum atomic E-state index is -0.418. The Bertz CT molecular complexity index is 594. The maximum Gasteiger partial charge on any atom is 0.260 e. The van der Waals surface area contributed by atoms with Crippen LogP contribution < -0.4 is 10.8 Å². The molecule has 0 fully saturated rings. The maximum absolute atomic E-state index is 11.6. The van der Waals surface area contributed by atoms with Gasteiger partial charge in [0, 0.05) is 6.54 Å². The van der Waals surface area contributed by atoms with Gasteiger partial charge in [-0.05, 0) is 22.6 Å². The Balaban J connectivity index is 2.01. The fourth-order valence-corrected chi connectivity index (χ4v) is 2.37. The monoisotopic (exact) mass is 298 g/mol. The number of rotatable bonds is 6. The highest BCUT2D eigenvalue weighted by atomic mass is 16.5. The quantitative estimate of drug-likeness (QED) is 0.567. The van der Waals surface area contributed by atoms with Gasteiger partial charge in [0.05, 0.1) is 6.04 Å². The third-order valence-electron chi connectivity index (χ3n) is 3.65. The van der Waals surface area contributed by atoms with E-state index in [1.165, 1.54) is 5.56 Å². The van der Waals surface area contributed by atoms with Gasteiger partial charge >= 0.3 is 0 Å². The summed E-state index contributed by atoms with van der Waals surface area (Å²) >= 11 is 0. The van der Waals surface area contributed by atoms with Crippen molar-refractivity contribution in [3.05, 3.63) is 60.2 Å². The lowest BCUT2D eigenvalue weighted by Crippen LogP contribution is -2.46. The third kappa shape index (κ3) is 4.16. The number of hydrogen-bond donors (Lipinski definition) is 3. The van der Waals surface area contributed by atoms with Crippen LogP contribution >= 0.6 is 0 Å². The summed E-state index contributed by atoms with van der Waals surface area (Å²) in [7, 11) is 0. The molecule has 0 spiro atoms. The van der Waals surface area contributed by atoms with Crippen molar-refractivity contribution in [1.82, 2.24) is 10.8 Å². The Labute approximate surface area is 131 Å². The standard InChI is InChI=1S/C18H22N2O2/c1-13(2)17(18(21)20-22)19-12-14-8-10-16(11-9-14)15-6-4-3-5-7-15/h3-11,13,17,19,22H,12H2,1-2H3,(H,20,21)/t17-/m0/s1. The van der Waals surface area contributed by atoms with Gasteiger partial charge in [0.1, 0.15) is 0 Å². The zero-order chi connectivity index (χ0) is 15.9. The van der Waals surface area contributed by atoms with Crippen LogP contribution in [0.15, 0.2) is 54.6 Å². The molecule has 0 radical (unpaired) electrons. The molecule has 0 aliphatic heterocycles. The lowest BCUT2D eigenvalue weighted by molar-refractivity contribution is -0.132. The van der Waals surface area contributed by atoms with E-state index in [0.717, 1.165) is 11.1 Å². The van der Waals surface area contributed by atoms with E-state index >= 15 is 0 Å². The topological polar surface area (TPSA) is 61.4 Å². The Morgan fingerprint density at radius 3 is 2.14 bits per heavy atom. The Morgan fingerprint density at radius 1 is 1.00 bits per heavy atom. The number of amides is 1. The first-order chi connectivity index (χ1) is 10.6. The van der Waals surface area contributed by atoms with Gasteiger partial charge in [0.2, 0.25) is 0 Å². The highest BCUT2D eigenvalue weighted by Crippen LogP contribution is 2.19. The SMILES string of the molecule is CC(C)[C@H](NCc1ccc(-c2ccccc2)cc1)C(=O)NO. The second-order valence-corrected chi connectivity index (χ2v) is 5.64. The first-order valence-corrected chi connectivity index (χ1v) is 7.43. The van der Waals surface area contributed by atoms with E-state index in [2.05, 4.69) is 29.6 Å². The van der Waals surface area contributed by atoms with E-state index in [1.54, 1.807) is 5.48 Å².